The van der Waals surface area contributed by atoms with Crippen LogP contribution in [0.3, 0.4) is 0 Å². The van der Waals surface area contributed by atoms with Crippen molar-refractivity contribution in [2.45, 2.75) is 88.3 Å². The average molecular weight is 708 g/mol. The molecule has 14 heteroatoms. The lowest BCUT2D eigenvalue weighted by Gasteiger charge is -2.57. The first kappa shape index (κ1) is 34.3. The molecule has 5 atom stereocenters. The molecule has 0 spiro atoms. The SMILES string of the molecule is C=CC1CC1(NC(=O)C1CC(Oc2nccc3cc(OC)ccc23)CN1C(=O)C(NC(=O)C1C2CC1C2)C(C)(C)C)C(=O)NS(=O)(=O)C1CC1. The van der Waals surface area contributed by atoms with Crippen molar-refractivity contribution in [1.82, 2.24) is 25.2 Å². The summed E-state index contributed by atoms with van der Waals surface area (Å²) < 4.78 is 39.3. The summed E-state index contributed by atoms with van der Waals surface area (Å²) in [4.78, 5) is 61.4. The van der Waals surface area contributed by atoms with Gasteiger partial charge in [-0.15, -0.1) is 6.58 Å². The first-order valence-corrected chi connectivity index (χ1v) is 18.9. The predicted molar refractivity (Wildman–Crippen MR) is 183 cm³/mol. The number of amides is 4. The summed E-state index contributed by atoms with van der Waals surface area (Å²) in [5.41, 5.74) is -2.22. The zero-order valence-electron chi connectivity index (χ0n) is 28.8. The minimum Gasteiger partial charge on any atom is -0.497 e. The molecule has 2 bridgehead atoms. The van der Waals surface area contributed by atoms with Crippen molar-refractivity contribution in [3.8, 4) is 11.6 Å². The Kier molecular flexibility index (Phi) is 8.39. The Hall–Kier alpha value is -4.20. The molecule has 0 radical (unpaired) electrons. The quantitative estimate of drug-likeness (QED) is 0.280. The van der Waals surface area contributed by atoms with Gasteiger partial charge in [0.05, 0.1) is 18.9 Å². The maximum atomic E-state index is 14.5. The van der Waals surface area contributed by atoms with Crippen LogP contribution in [0.25, 0.3) is 10.8 Å². The van der Waals surface area contributed by atoms with Crippen LogP contribution in [0.5, 0.6) is 11.6 Å². The molecule has 268 valence electrons. The van der Waals surface area contributed by atoms with E-state index in [4.69, 9.17) is 9.47 Å². The van der Waals surface area contributed by atoms with Gasteiger partial charge in [0.1, 0.15) is 29.5 Å². The molecule has 2 aromatic rings. The number of nitrogens with zero attached hydrogens (tertiary/aromatic N) is 2. The molecule has 5 aliphatic carbocycles. The number of fused-ring (bicyclic) bond motifs is 1. The standard InChI is InChI=1S/C36H45N5O8S/c1-6-22-17-36(22,34(45)40-50(46,47)25-8-9-25)39-30(42)27-16-24(49-32-26-10-7-23(48-5)15-19(26)11-12-37-32)18-41(27)33(44)29(35(2,3)4)38-31(43)28-20-13-21(28)14-20/h6-7,10-12,15,20-22,24-25,27-29H,1,8-9,13-14,16-18H2,2-5H3,(H,38,43)(H,39,42)(H,40,45). The number of rotatable bonds is 12. The van der Waals surface area contributed by atoms with Crippen molar-refractivity contribution in [3.63, 3.8) is 0 Å². The van der Waals surface area contributed by atoms with Gasteiger partial charge in [0.25, 0.3) is 5.91 Å². The minimum absolute atomic E-state index is 0.0163. The third-order valence-electron chi connectivity index (χ3n) is 11.2. The topological polar surface area (TPSA) is 173 Å². The van der Waals surface area contributed by atoms with Crippen molar-refractivity contribution in [1.29, 1.82) is 0 Å². The van der Waals surface area contributed by atoms with Crippen LogP contribution < -0.4 is 24.8 Å². The van der Waals surface area contributed by atoms with E-state index < -0.39 is 68.1 Å². The van der Waals surface area contributed by atoms with Crippen LogP contribution in [0, 0.1) is 29.1 Å². The van der Waals surface area contributed by atoms with Crippen LogP contribution in [-0.4, -0.2) is 84.6 Å². The number of hydrogen-bond donors (Lipinski definition) is 3. The second-order valence-corrected chi connectivity index (χ2v) is 17.7. The first-order valence-electron chi connectivity index (χ1n) is 17.4. The fraction of sp³-hybridized carbons (Fsp3) is 0.583. The van der Waals surface area contributed by atoms with Gasteiger partial charge < -0.3 is 25.0 Å². The second-order valence-electron chi connectivity index (χ2n) is 15.7. The second kappa shape index (κ2) is 12.2. The molecule has 4 amide bonds. The Labute approximate surface area is 292 Å². The molecule has 50 heavy (non-hydrogen) atoms. The van der Waals surface area contributed by atoms with Crippen LogP contribution >= 0.6 is 0 Å². The number of carbonyl (C=O) groups is 4. The highest BCUT2D eigenvalue weighted by atomic mass is 32.2. The zero-order chi connectivity index (χ0) is 35.7. The molecule has 1 aliphatic heterocycles. The number of ether oxygens (including phenoxy) is 2. The van der Waals surface area contributed by atoms with E-state index in [-0.39, 0.29) is 31.2 Å². The number of methoxy groups -OCH3 is 1. The van der Waals surface area contributed by atoms with Crippen molar-refractivity contribution in [2.75, 3.05) is 13.7 Å². The Morgan fingerprint density at radius 2 is 1.80 bits per heavy atom. The maximum absolute atomic E-state index is 14.5. The first-order chi connectivity index (χ1) is 23.6. The Morgan fingerprint density at radius 1 is 1.08 bits per heavy atom. The molecule has 1 saturated heterocycles. The number of aromatic nitrogens is 1. The summed E-state index contributed by atoms with van der Waals surface area (Å²) in [5.74, 6) is -0.908. The third kappa shape index (κ3) is 6.09. The maximum Gasteiger partial charge on any atom is 0.259 e. The number of pyridine rings is 1. The van der Waals surface area contributed by atoms with E-state index in [9.17, 15) is 27.6 Å². The predicted octanol–water partition coefficient (Wildman–Crippen LogP) is 2.45. The van der Waals surface area contributed by atoms with Crippen LogP contribution in [0.4, 0.5) is 0 Å². The van der Waals surface area contributed by atoms with Crippen molar-refractivity contribution in [3.05, 3.63) is 43.1 Å². The van der Waals surface area contributed by atoms with Crippen LogP contribution in [0.2, 0.25) is 0 Å². The number of benzene rings is 1. The van der Waals surface area contributed by atoms with E-state index in [1.807, 2.05) is 39.0 Å². The molecule has 6 aliphatic rings. The molecule has 2 heterocycles. The Morgan fingerprint density at radius 3 is 2.38 bits per heavy atom. The summed E-state index contributed by atoms with van der Waals surface area (Å²) >= 11 is 0. The molecule has 1 aromatic carbocycles. The Balaban J connectivity index is 1.16. The summed E-state index contributed by atoms with van der Waals surface area (Å²) in [6, 6.07) is 5.28. The van der Waals surface area contributed by atoms with Crippen molar-refractivity contribution in [2.24, 2.45) is 29.1 Å². The summed E-state index contributed by atoms with van der Waals surface area (Å²) in [6.45, 7) is 9.39. The lowest BCUT2D eigenvalue weighted by Crippen LogP contribution is -2.63. The zero-order valence-corrected chi connectivity index (χ0v) is 29.6. The number of likely N-dealkylation sites (tertiary alicyclic amines) is 1. The van der Waals surface area contributed by atoms with Crippen LogP contribution in [-0.2, 0) is 29.2 Å². The summed E-state index contributed by atoms with van der Waals surface area (Å²) in [6.07, 6.45) is 5.72. The molecule has 3 N–H and O–H groups in total. The summed E-state index contributed by atoms with van der Waals surface area (Å²) in [5, 5.41) is 6.76. The summed E-state index contributed by atoms with van der Waals surface area (Å²) in [7, 11) is -2.30. The van der Waals surface area contributed by atoms with Gasteiger partial charge in [-0.2, -0.15) is 0 Å². The average Bonchev–Trinajstić information content (AvgIpc) is 3.94. The number of nitrogens with one attached hydrogen (secondary N) is 3. The fourth-order valence-electron chi connectivity index (χ4n) is 7.67. The van der Waals surface area contributed by atoms with Crippen LogP contribution in [0.1, 0.15) is 59.3 Å². The van der Waals surface area contributed by atoms with E-state index in [2.05, 4.69) is 26.9 Å². The van der Waals surface area contributed by atoms with Crippen molar-refractivity contribution >= 4 is 44.4 Å². The van der Waals surface area contributed by atoms with Gasteiger partial charge in [-0.1, -0.05) is 26.8 Å². The van der Waals surface area contributed by atoms with Crippen molar-refractivity contribution < 1.29 is 37.1 Å². The van der Waals surface area contributed by atoms with Crippen LogP contribution in [0.15, 0.2) is 43.1 Å². The molecule has 8 rings (SSSR count). The lowest BCUT2D eigenvalue weighted by atomic mass is 9.48. The van der Waals surface area contributed by atoms with Gasteiger partial charge in [0.15, 0.2) is 0 Å². The highest BCUT2D eigenvalue weighted by molar-refractivity contribution is 7.91. The van der Waals surface area contributed by atoms with E-state index >= 15 is 0 Å². The highest BCUT2D eigenvalue weighted by Crippen LogP contribution is 2.58. The number of sulfonamides is 1. The third-order valence-corrected chi connectivity index (χ3v) is 13.1. The molecule has 1 aromatic heterocycles. The molecular weight excluding hydrogens is 662 g/mol. The molecule has 5 unspecified atom stereocenters. The smallest absolute Gasteiger partial charge is 0.259 e. The number of carbonyl (C=O) groups excluding carboxylic acids is 4. The van der Waals surface area contributed by atoms with Gasteiger partial charge in [0.2, 0.25) is 33.6 Å². The Bertz CT molecular complexity index is 1860. The van der Waals surface area contributed by atoms with E-state index in [1.165, 1.54) is 11.0 Å². The monoisotopic (exact) mass is 707 g/mol. The normalized spacial score (nSPS) is 30.3. The van der Waals surface area contributed by atoms with E-state index in [0.29, 0.717) is 36.3 Å². The molecular formula is C36H45N5O8S. The minimum atomic E-state index is -3.88. The van der Waals surface area contributed by atoms with Gasteiger partial charge in [-0.25, -0.2) is 13.4 Å². The van der Waals surface area contributed by atoms with Gasteiger partial charge in [0, 0.05) is 29.8 Å². The molecule has 5 saturated carbocycles. The van der Waals surface area contributed by atoms with Gasteiger partial charge in [-0.3, -0.25) is 23.9 Å². The molecule has 13 nitrogen and oxygen atoms in total. The molecule has 6 fully saturated rings. The van der Waals surface area contributed by atoms with E-state index in [1.54, 1.807) is 19.4 Å². The van der Waals surface area contributed by atoms with Gasteiger partial charge >= 0.3 is 0 Å². The number of hydrogen-bond acceptors (Lipinski definition) is 9. The highest BCUT2D eigenvalue weighted by Gasteiger charge is 2.62. The van der Waals surface area contributed by atoms with Gasteiger partial charge in [-0.05, 0) is 79.0 Å². The van der Waals surface area contributed by atoms with E-state index in [0.717, 1.165) is 23.6 Å². The lowest BCUT2D eigenvalue weighted by molar-refractivity contribution is -0.157. The largest absolute Gasteiger partial charge is 0.497 e. The fourth-order valence-corrected chi connectivity index (χ4v) is 9.03.